The molecule has 0 aromatic heterocycles. The van der Waals surface area contributed by atoms with Crippen LogP contribution in [0.2, 0.25) is 5.02 Å². The molecule has 10 heteroatoms. The number of aliphatic hydroxyl groups excluding tert-OH is 1. The summed E-state index contributed by atoms with van der Waals surface area (Å²) in [6, 6.07) is 17.7. The number of amides is 4. The van der Waals surface area contributed by atoms with Crippen LogP contribution >= 0.6 is 11.6 Å². The first kappa shape index (κ1) is 26.2. The van der Waals surface area contributed by atoms with Crippen molar-refractivity contribution < 1.29 is 23.8 Å². The number of benzene rings is 3. The molecule has 194 valence electrons. The van der Waals surface area contributed by atoms with Gasteiger partial charge < -0.3 is 30.7 Å². The molecule has 3 aromatic rings. The standard InChI is InChI=1S/C27H28ClFN4O4/c28-22-17-21(37-16-15-34)9-10-24(22)32-27(36)33-13-11-19(12-14-33)18-5-7-20(8-6-18)30-26(35)31-25-4-2-1-3-23(25)29/h1-10,17,19,34H,11-16H2,(H,32,36)(H2,30,31,35). The minimum absolute atomic E-state index is 0.0959. The Balaban J connectivity index is 1.25. The topological polar surface area (TPSA) is 103 Å². The molecule has 4 amide bonds. The van der Waals surface area contributed by atoms with E-state index >= 15 is 0 Å². The number of hydrogen-bond acceptors (Lipinski definition) is 4. The van der Waals surface area contributed by atoms with Crippen LogP contribution in [0.5, 0.6) is 5.75 Å². The molecule has 0 unspecified atom stereocenters. The number of nitrogens with zero attached hydrogens (tertiary/aromatic N) is 1. The Hall–Kier alpha value is -3.82. The van der Waals surface area contributed by atoms with Gasteiger partial charge in [0.1, 0.15) is 18.2 Å². The van der Waals surface area contributed by atoms with Gasteiger partial charge in [-0.25, -0.2) is 14.0 Å². The molecule has 0 aliphatic carbocycles. The quantitative estimate of drug-likeness (QED) is 0.307. The average molecular weight is 527 g/mol. The maximum atomic E-state index is 13.7. The van der Waals surface area contributed by atoms with Gasteiger partial charge in [-0.1, -0.05) is 35.9 Å². The molecule has 0 bridgehead atoms. The van der Waals surface area contributed by atoms with Crippen LogP contribution in [-0.4, -0.2) is 48.4 Å². The second-order valence-corrected chi connectivity index (χ2v) is 8.99. The summed E-state index contributed by atoms with van der Waals surface area (Å²) >= 11 is 6.26. The fourth-order valence-corrected chi connectivity index (χ4v) is 4.36. The number of rotatable bonds is 7. The SMILES string of the molecule is O=C(Nc1ccc(C2CCN(C(=O)Nc3ccc(OCCO)cc3Cl)CC2)cc1)Nc1ccccc1F. The molecule has 4 N–H and O–H groups in total. The van der Waals surface area contributed by atoms with Gasteiger partial charge >= 0.3 is 12.1 Å². The Morgan fingerprint density at radius 3 is 2.38 bits per heavy atom. The van der Waals surface area contributed by atoms with E-state index in [9.17, 15) is 14.0 Å². The van der Waals surface area contributed by atoms with Crippen molar-refractivity contribution in [1.29, 1.82) is 0 Å². The van der Waals surface area contributed by atoms with Crippen molar-refractivity contribution in [2.24, 2.45) is 0 Å². The van der Waals surface area contributed by atoms with Crippen LogP contribution in [0.3, 0.4) is 0 Å². The molecule has 1 aliphatic heterocycles. The average Bonchev–Trinajstić information content (AvgIpc) is 2.90. The molecular formula is C27H28ClFN4O4. The Morgan fingerprint density at radius 2 is 1.70 bits per heavy atom. The van der Waals surface area contributed by atoms with Crippen LogP contribution in [0.4, 0.5) is 31.0 Å². The summed E-state index contributed by atoms with van der Waals surface area (Å²) < 4.78 is 19.0. The fraction of sp³-hybridized carbons (Fsp3) is 0.259. The Morgan fingerprint density at radius 1 is 0.973 bits per heavy atom. The van der Waals surface area contributed by atoms with Gasteiger partial charge in [0.15, 0.2) is 0 Å². The third-order valence-corrected chi connectivity index (χ3v) is 6.40. The number of likely N-dealkylation sites (tertiary alicyclic amines) is 1. The highest BCUT2D eigenvalue weighted by molar-refractivity contribution is 6.33. The number of ether oxygens (including phenoxy) is 1. The number of hydrogen-bond donors (Lipinski definition) is 4. The summed E-state index contributed by atoms with van der Waals surface area (Å²) in [4.78, 5) is 26.7. The highest BCUT2D eigenvalue weighted by atomic mass is 35.5. The number of piperidine rings is 1. The maximum absolute atomic E-state index is 13.7. The molecular weight excluding hydrogens is 499 g/mol. The highest BCUT2D eigenvalue weighted by Gasteiger charge is 2.24. The molecule has 1 fully saturated rings. The number of para-hydroxylation sites is 1. The van der Waals surface area contributed by atoms with E-state index in [1.807, 2.05) is 24.3 Å². The summed E-state index contributed by atoms with van der Waals surface area (Å²) in [6.45, 7) is 1.26. The normalized spacial score (nSPS) is 13.6. The van der Waals surface area contributed by atoms with Crippen molar-refractivity contribution in [1.82, 2.24) is 4.90 Å². The van der Waals surface area contributed by atoms with Crippen molar-refractivity contribution in [3.63, 3.8) is 0 Å². The van der Waals surface area contributed by atoms with Gasteiger partial charge in [0.2, 0.25) is 0 Å². The van der Waals surface area contributed by atoms with Gasteiger partial charge in [0, 0.05) is 24.8 Å². The molecule has 1 saturated heterocycles. The lowest BCUT2D eigenvalue weighted by Crippen LogP contribution is -2.40. The van der Waals surface area contributed by atoms with Crippen LogP contribution in [0.1, 0.15) is 24.3 Å². The van der Waals surface area contributed by atoms with Crippen molar-refractivity contribution in [3.8, 4) is 5.75 Å². The number of carbonyl (C=O) groups excluding carboxylic acids is 2. The maximum Gasteiger partial charge on any atom is 0.323 e. The Bertz CT molecular complexity index is 1230. The smallest absolute Gasteiger partial charge is 0.323 e. The fourth-order valence-electron chi connectivity index (χ4n) is 4.15. The molecule has 8 nitrogen and oxygen atoms in total. The van der Waals surface area contributed by atoms with Crippen molar-refractivity contribution in [2.75, 3.05) is 42.3 Å². The molecule has 3 aromatic carbocycles. The number of aliphatic hydroxyl groups is 1. The monoisotopic (exact) mass is 526 g/mol. The minimum atomic E-state index is -0.524. The zero-order valence-corrected chi connectivity index (χ0v) is 20.8. The van der Waals surface area contributed by atoms with Crippen LogP contribution in [0, 0.1) is 5.82 Å². The van der Waals surface area contributed by atoms with Crippen LogP contribution in [0.15, 0.2) is 66.7 Å². The molecule has 0 atom stereocenters. The van der Waals surface area contributed by atoms with Gasteiger partial charge in [-0.15, -0.1) is 0 Å². The summed E-state index contributed by atoms with van der Waals surface area (Å²) in [7, 11) is 0. The van der Waals surface area contributed by atoms with E-state index in [4.69, 9.17) is 21.4 Å². The Labute approximate surface area is 219 Å². The largest absolute Gasteiger partial charge is 0.491 e. The van der Waals surface area contributed by atoms with Gasteiger partial charge in [-0.05, 0) is 60.7 Å². The Kier molecular flexibility index (Phi) is 8.81. The van der Waals surface area contributed by atoms with Gasteiger partial charge in [-0.3, -0.25) is 0 Å². The van der Waals surface area contributed by atoms with Crippen LogP contribution in [0.25, 0.3) is 0 Å². The molecule has 1 heterocycles. The van der Waals surface area contributed by atoms with E-state index in [1.165, 1.54) is 12.1 Å². The van der Waals surface area contributed by atoms with E-state index in [0.717, 1.165) is 18.4 Å². The lowest BCUT2D eigenvalue weighted by molar-refractivity contribution is 0.194. The lowest BCUT2D eigenvalue weighted by atomic mass is 9.89. The van der Waals surface area contributed by atoms with Crippen molar-refractivity contribution >= 4 is 40.7 Å². The van der Waals surface area contributed by atoms with Crippen molar-refractivity contribution in [2.45, 2.75) is 18.8 Å². The highest BCUT2D eigenvalue weighted by Crippen LogP contribution is 2.31. The predicted molar refractivity (Wildman–Crippen MR) is 142 cm³/mol. The van der Waals surface area contributed by atoms with E-state index in [-0.39, 0.29) is 30.9 Å². The second kappa shape index (κ2) is 12.4. The summed E-state index contributed by atoms with van der Waals surface area (Å²) in [5, 5.41) is 17.3. The predicted octanol–water partition coefficient (Wildman–Crippen LogP) is 5.91. The van der Waals surface area contributed by atoms with E-state index < -0.39 is 11.8 Å². The molecule has 1 aliphatic rings. The zero-order chi connectivity index (χ0) is 26.2. The second-order valence-electron chi connectivity index (χ2n) is 8.59. The molecule has 0 saturated carbocycles. The van der Waals surface area contributed by atoms with Crippen LogP contribution in [-0.2, 0) is 0 Å². The molecule has 4 rings (SSSR count). The van der Waals surface area contributed by atoms with Gasteiger partial charge in [0.25, 0.3) is 0 Å². The van der Waals surface area contributed by atoms with E-state index in [1.54, 1.807) is 35.2 Å². The minimum Gasteiger partial charge on any atom is -0.491 e. The third kappa shape index (κ3) is 7.12. The van der Waals surface area contributed by atoms with E-state index in [2.05, 4.69) is 16.0 Å². The molecule has 0 spiro atoms. The molecule has 37 heavy (non-hydrogen) atoms. The van der Waals surface area contributed by atoms with Crippen LogP contribution < -0.4 is 20.7 Å². The first-order valence-corrected chi connectivity index (χ1v) is 12.3. The summed E-state index contributed by atoms with van der Waals surface area (Å²) in [6.07, 6.45) is 1.60. The van der Waals surface area contributed by atoms with Gasteiger partial charge in [-0.2, -0.15) is 0 Å². The number of nitrogens with one attached hydrogen (secondary N) is 3. The number of carbonyl (C=O) groups is 2. The summed E-state index contributed by atoms with van der Waals surface area (Å²) in [5.41, 5.74) is 2.33. The first-order valence-electron chi connectivity index (χ1n) is 11.9. The number of anilines is 3. The van der Waals surface area contributed by atoms with Crippen molar-refractivity contribution in [3.05, 3.63) is 83.1 Å². The first-order chi connectivity index (χ1) is 17.9. The molecule has 0 radical (unpaired) electrons. The van der Waals surface area contributed by atoms with E-state index in [0.29, 0.717) is 35.2 Å². The third-order valence-electron chi connectivity index (χ3n) is 6.09. The number of halogens is 2. The number of urea groups is 2. The summed E-state index contributed by atoms with van der Waals surface area (Å²) in [5.74, 6) is 0.305. The zero-order valence-electron chi connectivity index (χ0n) is 20.0. The lowest BCUT2D eigenvalue weighted by Gasteiger charge is -2.32. The van der Waals surface area contributed by atoms with Gasteiger partial charge in [0.05, 0.1) is 23.0 Å².